The van der Waals surface area contributed by atoms with E-state index in [2.05, 4.69) is 15.3 Å². The number of carbonyl (C=O) groups is 1. The number of ether oxygens (including phenoxy) is 1. The van der Waals surface area contributed by atoms with Crippen LogP contribution in [0.25, 0.3) is 5.82 Å². The predicted octanol–water partition coefficient (Wildman–Crippen LogP) is 4.29. The second kappa shape index (κ2) is 7.76. The van der Waals surface area contributed by atoms with Gasteiger partial charge in [-0.2, -0.15) is 0 Å². The Balaban J connectivity index is 1.64. The lowest BCUT2D eigenvalue weighted by atomic mass is 10.3. The maximum Gasteiger partial charge on any atom is 0.265 e. The summed E-state index contributed by atoms with van der Waals surface area (Å²) in [6.45, 7) is 3.52. The van der Waals surface area contributed by atoms with Crippen molar-refractivity contribution in [3.8, 4) is 11.6 Å². The number of imidazole rings is 1. The molecule has 1 aromatic carbocycles. The van der Waals surface area contributed by atoms with E-state index in [4.69, 9.17) is 27.9 Å². The highest BCUT2D eigenvalue weighted by molar-refractivity contribution is 6.35. The molecule has 0 aliphatic heterocycles. The van der Waals surface area contributed by atoms with Gasteiger partial charge in [0.25, 0.3) is 5.91 Å². The van der Waals surface area contributed by atoms with Gasteiger partial charge >= 0.3 is 0 Å². The summed E-state index contributed by atoms with van der Waals surface area (Å²) in [5.41, 5.74) is 0.564. The van der Waals surface area contributed by atoms with E-state index >= 15 is 0 Å². The van der Waals surface area contributed by atoms with Gasteiger partial charge in [0.05, 0.1) is 16.9 Å². The van der Waals surface area contributed by atoms with Gasteiger partial charge in [-0.1, -0.05) is 23.2 Å². The van der Waals surface area contributed by atoms with Crippen LogP contribution in [0.15, 0.2) is 48.9 Å². The topological polar surface area (TPSA) is 69.0 Å². The number of carbonyl (C=O) groups excluding carboxylic acids is 1. The number of rotatable bonds is 5. The zero-order valence-electron chi connectivity index (χ0n) is 14.1. The summed E-state index contributed by atoms with van der Waals surface area (Å²) in [5, 5.41) is 3.60. The first-order valence-electron chi connectivity index (χ1n) is 7.83. The lowest BCUT2D eigenvalue weighted by Crippen LogP contribution is -2.30. The summed E-state index contributed by atoms with van der Waals surface area (Å²) in [6.07, 6.45) is 4.36. The number of hydrogen-bond donors (Lipinski definition) is 1. The molecule has 0 aliphatic carbocycles. The molecule has 8 heteroatoms. The van der Waals surface area contributed by atoms with Crippen LogP contribution >= 0.6 is 23.2 Å². The van der Waals surface area contributed by atoms with Crippen LogP contribution in [0.1, 0.15) is 12.7 Å². The van der Waals surface area contributed by atoms with E-state index in [1.165, 1.54) is 0 Å². The Hall–Kier alpha value is -2.57. The highest BCUT2D eigenvalue weighted by Gasteiger charge is 2.17. The third-order valence-electron chi connectivity index (χ3n) is 3.65. The lowest BCUT2D eigenvalue weighted by molar-refractivity contribution is -0.122. The van der Waals surface area contributed by atoms with E-state index in [9.17, 15) is 4.79 Å². The van der Waals surface area contributed by atoms with Crippen LogP contribution in [-0.2, 0) is 4.79 Å². The Morgan fingerprint density at radius 1 is 1.23 bits per heavy atom. The number of hydrogen-bond acceptors (Lipinski definition) is 4. The Bertz CT molecular complexity index is 925. The fraction of sp³-hybridized carbons (Fsp3) is 0.167. The molecular formula is C18H16Cl2N4O2. The van der Waals surface area contributed by atoms with Crippen molar-refractivity contribution in [2.24, 2.45) is 0 Å². The summed E-state index contributed by atoms with van der Waals surface area (Å²) in [6, 6.07) is 8.39. The van der Waals surface area contributed by atoms with Crippen molar-refractivity contribution in [3.05, 3.63) is 64.8 Å². The molecule has 1 N–H and O–H groups in total. The number of nitrogens with one attached hydrogen (secondary N) is 1. The van der Waals surface area contributed by atoms with Crippen LogP contribution in [0.3, 0.4) is 0 Å². The third-order valence-corrected chi connectivity index (χ3v) is 4.19. The Labute approximate surface area is 160 Å². The normalized spacial score (nSPS) is 11.8. The quantitative estimate of drug-likeness (QED) is 0.705. The monoisotopic (exact) mass is 390 g/mol. The van der Waals surface area contributed by atoms with Crippen LogP contribution in [-0.4, -0.2) is 26.5 Å². The summed E-state index contributed by atoms with van der Waals surface area (Å²) in [7, 11) is 0. The number of benzene rings is 1. The highest BCUT2D eigenvalue weighted by Crippen LogP contribution is 2.28. The Kier molecular flexibility index (Phi) is 5.44. The number of pyridine rings is 1. The summed E-state index contributed by atoms with van der Waals surface area (Å²) < 4.78 is 7.44. The van der Waals surface area contributed by atoms with E-state index in [1.807, 2.05) is 17.7 Å². The average molecular weight is 391 g/mol. The molecule has 0 fully saturated rings. The van der Waals surface area contributed by atoms with Gasteiger partial charge in [0, 0.05) is 17.4 Å². The molecule has 2 heterocycles. The molecule has 2 aromatic heterocycles. The number of aromatic nitrogens is 3. The maximum atomic E-state index is 12.3. The molecule has 1 atom stereocenters. The molecule has 0 spiro atoms. The van der Waals surface area contributed by atoms with Crippen molar-refractivity contribution < 1.29 is 9.53 Å². The minimum absolute atomic E-state index is 0.315. The van der Waals surface area contributed by atoms with Crippen molar-refractivity contribution in [1.29, 1.82) is 0 Å². The van der Waals surface area contributed by atoms with Crippen LogP contribution in [0.2, 0.25) is 10.0 Å². The molecular weight excluding hydrogens is 375 g/mol. The van der Waals surface area contributed by atoms with E-state index in [-0.39, 0.29) is 5.91 Å². The minimum Gasteiger partial charge on any atom is -0.479 e. The first-order chi connectivity index (χ1) is 12.4. The van der Waals surface area contributed by atoms with Crippen molar-refractivity contribution in [3.63, 3.8) is 0 Å². The molecule has 0 radical (unpaired) electrons. The first kappa shape index (κ1) is 18.2. The molecule has 0 saturated carbocycles. The number of aryl methyl sites for hydroxylation is 1. The van der Waals surface area contributed by atoms with Crippen LogP contribution in [0.4, 0.5) is 5.69 Å². The summed E-state index contributed by atoms with van der Waals surface area (Å²) >= 11 is 11.9. The number of anilines is 1. The van der Waals surface area contributed by atoms with Crippen molar-refractivity contribution in [1.82, 2.24) is 14.5 Å². The predicted molar refractivity (Wildman–Crippen MR) is 101 cm³/mol. The van der Waals surface area contributed by atoms with Gasteiger partial charge in [-0.3, -0.25) is 9.36 Å². The molecule has 3 aromatic rings. The maximum absolute atomic E-state index is 12.3. The minimum atomic E-state index is -0.746. The van der Waals surface area contributed by atoms with Crippen molar-refractivity contribution in [2.45, 2.75) is 20.0 Å². The van der Waals surface area contributed by atoms with Gasteiger partial charge in [-0.15, -0.1) is 0 Å². The lowest BCUT2D eigenvalue weighted by Gasteiger charge is -2.16. The molecule has 6 nitrogen and oxygen atoms in total. The number of nitrogens with zero attached hydrogens (tertiary/aromatic N) is 3. The smallest absolute Gasteiger partial charge is 0.265 e. The van der Waals surface area contributed by atoms with Gasteiger partial charge in [0.15, 0.2) is 6.10 Å². The largest absolute Gasteiger partial charge is 0.479 e. The van der Waals surface area contributed by atoms with Crippen molar-refractivity contribution >= 4 is 34.8 Å². The zero-order valence-corrected chi connectivity index (χ0v) is 15.6. The Morgan fingerprint density at radius 2 is 2.04 bits per heavy atom. The molecule has 1 unspecified atom stereocenters. The molecule has 26 heavy (non-hydrogen) atoms. The highest BCUT2D eigenvalue weighted by atomic mass is 35.5. The van der Waals surface area contributed by atoms with Crippen LogP contribution < -0.4 is 10.1 Å². The van der Waals surface area contributed by atoms with Crippen molar-refractivity contribution in [2.75, 3.05) is 5.32 Å². The average Bonchev–Trinajstić information content (AvgIpc) is 3.04. The fourth-order valence-electron chi connectivity index (χ4n) is 2.28. The molecule has 0 aliphatic rings. The third kappa shape index (κ3) is 4.15. The van der Waals surface area contributed by atoms with Crippen LogP contribution in [0.5, 0.6) is 5.75 Å². The summed E-state index contributed by atoms with van der Waals surface area (Å²) in [4.78, 5) is 20.8. The van der Waals surface area contributed by atoms with Gasteiger partial charge in [-0.05, 0) is 44.2 Å². The first-order valence-corrected chi connectivity index (χ1v) is 8.58. The number of amides is 1. The second-order valence-corrected chi connectivity index (χ2v) is 6.42. The standard InChI is InChI=1S/C18H16Cl2N4O2/c1-11(26-16-5-3-13(19)9-15(16)20)18(25)23-14-4-6-17(22-10-14)24-8-7-21-12(24)2/h3-11H,1-2H3,(H,23,25). The Morgan fingerprint density at radius 3 is 2.65 bits per heavy atom. The fourth-order valence-corrected chi connectivity index (χ4v) is 2.73. The zero-order chi connectivity index (χ0) is 18.7. The molecule has 1 amide bonds. The van der Waals surface area contributed by atoms with Crippen LogP contribution in [0, 0.1) is 6.92 Å². The molecule has 3 rings (SSSR count). The van der Waals surface area contributed by atoms with E-state index in [1.54, 1.807) is 49.6 Å². The number of halogens is 2. The summed E-state index contributed by atoms with van der Waals surface area (Å²) in [5.74, 6) is 1.62. The molecule has 0 saturated heterocycles. The van der Waals surface area contributed by atoms with Gasteiger partial charge in [0.1, 0.15) is 17.4 Å². The van der Waals surface area contributed by atoms with E-state index in [0.29, 0.717) is 21.5 Å². The molecule has 134 valence electrons. The molecule has 0 bridgehead atoms. The van der Waals surface area contributed by atoms with E-state index < -0.39 is 6.10 Å². The SMILES string of the molecule is Cc1nccn1-c1ccc(NC(=O)C(C)Oc2ccc(Cl)cc2Cl)cn1. The van der Waals surface area contributed by atoms with E-state index in [0.717, 1.165) is 11.6 Å². The van der Waals surface area contributed by atoms with Gasteiger partial charge in [-0.25, -0.2) is 9.97 Å². The second-order valence-electron chi connectivity index (χ2n) is 5.57. The van der Waals surface area contributed by atoms with Gasteiger partial charge < -0.3 is 10.1 Å². The van der Waals surface area contributed by atoms with Gasteiger partial charge in [0.2, 0.25) is 0 Å².